The number of aliphatic carboxylic acids is 1. The molecule has 1 aromatic carbocycles. The summed E-state index contributed by atoms with van der Waals surface area (Å²) >= 11 is 4.58. The third-order valence-electron chi connectivity index (χ3n) is 2.97. The molecule has 0 bridgehead atoms. The Morgan fingerprint density at radius 3 is 3.19 bits per heavy atom. The van der Waals surface area contributed by atoms with E-state index < -0.39 is 5.97 Å². The van der Waals surface area contributed by atoms with Crippen LogP contribution in [0.1, 0.15) is 11.1 Å². The van der Waals surface area contributed by atoms with Gasteiger partial charge in [0.25, 0.3) is 0 Å². The standard InChI is InChI=1S/C12H11BrN4O3S/c13-9-3-7-1-2-20-11(7)8(4-9)5-17-12(14-15-16-17)21-6-10(18)19/h3-4H,1-2,5-6H2,(H,18,19). The molecule has 0 saturated heterocycles. The van der Waals surface area contributed by atoms with Gasteiger partial charge in [-0.15, -0.1) is 5.10 Å². The van der Waals surface area contributed by atoms with E-state index in [0.717, 1.165) is 39.5 Å². The van der Waals surface area contributed by atoms with Crippen molar-refractivity contribution in [2.75, 3.05) is 12.4 Å². The first kappa shape index (κ1) is 14.3. The molecular formula is C12H11BrN4O3S. The summed E-state index contributed by atoms with van der Waals surface area (Å²) in [5, 5.41) is 20.6. The van der Waals surface area contributed by atoms with Gasteiger partial charge in [-0.2, -0.15) is 0 Å². The van der Waals surface area contributed by atoms with Crippen LogP contribution in [-0.2, 0) is 17.8 Å². The van der Waals surface area contributed by atoms with Gasteiger partial charge in [0.15, 0.2) is 0 Å². The molecule has 2 aromatic rings. The number of tetrazole rings is 1. The number of thioether (sulfide) groups is 1. The zero-order valence-electron chi connectivity index (χ0n) is 10.8. The summed E-state index contributed by atoms with van der Waals surface area (Å²) in [5.41, 5.74) is 2.13. The average molecular weight is 371 g/mol. The number of carboxylic acid groups (broad SMARTS) is 1. The third kappa shape index (κ3) is 3.18. The molecule has 110 valence electrons. The minimum atomic E-state index is -0.902. The lowest BCUT2D eigenvalue weighted by Gasteiger charge is -2.09. The number of carbonyl (C=O) groups is 1. The maximum Gasteiger partial charge on any atom is 0.313 e. The number of benzene rings is 1. The van der Waals surface area contributed by atoms with Crippen molar-refractivity contribution >= 4 is 33.7 Å². The lowest BCUT2D eigenvalue weighted by atomic mass is 10.1. The van der Waals surface area contributed by atoms with Gasteiger partial charge in [-0.05, 0) is 28.1 Å². The quantitative estimate of drug-likeness (QED) is 0.799. The Morgan fingerprint density at radius 2 is 2.38 bits per heavy atom. The number of hydrogen-bond acceptors (Lipinski definition) is 6. The van der Waals surface area contributed by atoms with E-state index in [4.69, 9.17) is 9.84 Å². The molecule has 0 amide bonds. The van der Waals surface area contributed by atoms with Gasteiger partial charge in [-0.3, -0.25) is 4.79 Å². The molecule has 1 aliphatic rings. The van der Waals surface area contributed by atoms with Crippen LogP contribution >= 0.6 is 27.7 Å². The average Bonchev–Trinajstić information content (AvgIpc) is 3.05. The van der Waals surface area contributed by atoms with Crippen molar-refractivity contribution in [1.82, 2.24) is 20.2 Å². The van der Waals surface area contributed by atoms with Crippen molar-refractivity contribution < 1.29 is 14.6 Å². The van der Waals surface area contributed by atoms with Gasteiger partial charge in [0.1, 0.15) is 5.75 Å². The van der Waals surface area contributed by atoms with E-state index in [-0.39, 0.29) is 5.75 Å². The highest BCUT2D eigenvalue weighted by Crippen LogP contribution is 2.33. The fourth-order valence-electron chi connectivity index (χ4n) is 2.15. The van der Waals surface area contributed by atoms with Crippen LogP contribution in [0.2, 0.25) is 0 Å². The Morgan fingerprint density at radius 1 is 1.52 bits per heavy atom. The first-order valence-electron chi connectivity index (χ1n) is 6.18. The molecule has 0 saturated carbocycles. The van der Waals surface area contributed by atoms with Crippen LogP contribution in [0.15, 0.2) is 21.8 Å². The SMILES string of the molecule is O=C(O)CSc1nnnn1Cc1cc(Br)cc2c1OCC2. The zero-order chi connectivity index (χ0) is 14.8. The fourth-order valence-corrected chi connectivity index (χ4v) is 3.30. The summed E-state index contributed by atoms with van der Waals surface area (Å²) in [5.74, 6) is -0.0999. The second-order valence-corrected chi connectivity index (χ2v) is 6.31. The zero-order valence-corrected chi connectivity index (χ0v) is 13.2. The van der Waals surface area contributed by atoms with Gasteiger partial charge in [0, 0.05) is 16.5 Å². The lowest BCUT2D eigenvalue weighted by molar-refractivity contribution is -0.133. The maximum atomic E-state index is 10.6. The van der Waals surface area contributed by atoms with E-state index in [1.165, 1.54) is 0 Å². The second kappa shape index (κ2) is 6.02. The van der Waals surface area contributed by atoms with E-state index in [1.807, 2.05) is 12.1 Å². The highest BCUT2D eigenvalue weighted by Gasteiger charge is 2.19. The number of aromatic nitrogens is 4. The van der Waals surface area contributed by atoms with E-state index in [2.05, 4.69) is 31.5 Å². The van der Waals surface area contributed by atoms with Crippen molar-refractivity contribution in [2.45, 2.75) is 18.1 Å². The molecule has 0 atom stereocenters. The molecule has 1 N–H and O–H groups in total. The van der Waals surface area contributed by atoms with Gasteiger partial charge in [0.05, 0.1) is 18.9 Å². The number of rotatable bonds is 5. The molecule has 0 fully saturated rings. The van der Waals surface area contributed by atoms with Crippen molar-refractivity contribution in [2.24, 2.45) is 0 Å². The highest BCUT2D eigenvalue weighted by molar-refractivity contribution is 9.10. The molecule has 21 heavy (non-hydrogen) atoms. The van der Waals surface area contributed by atoms with E-state index in [1.54, 1.807) is 4.68 Å². The van der Waals surface area contributed by atoms with Gasteiger partial charge in [-0.25, -0.2) is 4.68 Å². The van der Waals surface area contributed by atoms with Crippen LogP contribution in [0.3, 0.4) is 0 Å². The third-order valence-corrected chi connectivity index (χ3v) is 4.37. The Hall–Kier alpha value is -1.61. The largest absolute Gasteiger partial charge is 0.493 e. The summed E-state index contributed by atoms with van der Waals surface area (Å²) in [4.78, 5) is 10.6. The number of carboxylic acids is 1. The van der Waals surface area contributed by atoms with Crippen molar-refractivity contribution in [3.8, 4) is 5.75 Å². The molecule has 1 aromatic heterocycles. The minimum absolute atomic E-state index is 0.0759. The van der Waals surface area contributed by atoms with Crippen molar-refractivity contribution in [1.29, 1.82) is 0 Å². The molecule has 0 radical (unpaired) electrons. The van der Waals surface area contributed by atoms with Crippen LogP contribution in [0.4, 0.5) is 0 Å². The molecule has 9 heteroatoms. The predicted octanol–water partition coefficient (Wildman–Crippen LogP) is 1.60. The van der Waals surface area contributed by atoms with Gasteiger partial charge < -0.3 is 9.84 Å². The monoisotopic (exact) mass is 370 g/mol. The van der Waals surface area contributed by atoms with Gasteiger partial charge >= 0.3 is 5.97 Å². The topological polar surface area (TPSA) is 90.1 Å². The number of fused-ring (bicyclic) bond motifs is 1. The Balaban J connectivity index is 1.85. The maximum absolute atomic E-state index is 10.6. The number of hydrogen-bond donors (Lipinski definition) is 1. The number of nitrogens with zero attached hydrogens (tertiary/aromatic N) is 4. The Labute approximate surface area is 132 Å². The van der Waals surface area contributed by atoms with Crippen LogP contribution < -0.4 is 4.74 Å². The van der Waals surface area contributed by atoms with Gasteiger partial charge in [-0.1, -0.05) is 27.7 Å². The molecule has 1 aliphatic heterocycles. The number of halogens is 1. The summed E-state index contributed by atoms with van der Waals surface area (Å²) < 4.78 is 8.23. The summed E-state index contributed by atoms with van der Waals surface area (Å²) in [7, 11) is 0. The minimum Gasteiger partial charge on any atom is -0.493 e. The van der Waals surface area contributed by atoms with Crippen molar-refractivity contribution in [3.05, 3.63) is 27.7 Å². The Kier molecular flexibility index (Phi) is 4.11. The first-order chi connectivity index (χ1) is 10.1. The summed E-state index contributed by atoms with van der Waals surface area (Å²) in [6.45, 7) is 1.12. The first-order valence-corrected chi connectivity index (χ1v) is 7.96. The van der Waals surface area contributed by atoms with E-state index in [0.29, 0.717) is 18.3 Å². The van der Waals surface area contributed by atoms with E-state index >= 15 is 0 Å². The highest BCUT2D eigenvalue weighted by atomic mass is 79.9. The Bertz CT molecular complexity index is 691. The normalized spacial score (nSPS) is 13.0. The summed E-state index contributed by atoms with van der Waals surface area (Å²) in [6, 6.07) is 4.02. The molecule has 2 heterocycles. The van der Waals surface area contributed by atoms with Crippen molar-refractivity contribution in [3.63, 3.8) is 0 Å². The molecular weight excluding hydrogens is 360 g/mol. The van der Waals surface area contributed by atoms with Crippen LogP contribution in [0, 0.1) is 0 Å². The summed E-state index contributed by atoms with van der Waals surface area (Å²) in [6.07, 6.45) is 0.887. The van der Waals surface area contributed by atoms with Crippen LogP contribution in [0.5, 0.6) is 5.75 Å². The molecule has 7 nitrogen and oxygen atoms in total. The van der Waals surface area contributed by atoms with E-state index in [9.17, 15) is 4.79 Å². The predicted molar refractivity (Wildman–Crippen MR) is 78.6 cm³/mol. The van der Waals surface area contributed by atoms with Crippen LogP contribution in [-0.4, -0.2) is 43.6 Å². The second-order valence-electron chi connectivity index (χ2n) is 4.45. The fraction of sp³-hybridized carbons (Fsp3) is 0.333. The molecule has 0 aliphatic carbocycles. The smallest absolute Gasteiger partial charge is 0.313 e. The molecule has 3 rings (SSSR count). The molecule has 0 spiro atoms. The van der Waals surface area contributed by atoms with Gasteiger partial charge in [0.2, 0.25) is 5.16 Å². The van der Waals surface area contributed by atoms with Crippen LogP contribution in [0.25, 0.3) is 0 Å². The number of ether oxygens (including phenoxy) is 1. The lowest BCUT2D eigenvalue weighted by Crippen LogP contribution is -2.07. The molecule has 0 unspecified atom stereocenters.